The van der Waals surface area contributed by atoms with Gasteiger partial charge < -0.3 is 4.74 Å². The Balaban J connectivity index is 2.00. The third-order valence-corrected chi connectivity index (χ3v) is 2.34. The number of carbonyl (C=O) groups is 1. The Morgan fingerprint density at radius 2 is 2.07 bits per heavy atom. The van der Waals surface area contributed by atoms with Gasteiger partial charge in [-0.05, 0) is 5.56 Å². The zero-order valence-corrected chi connectivity index (χ0v) is 7.90. The summed E-state index contributed by atoms with van der Waals surface area (Å²) in [5.74, 6) is -0.245. The Labute approximate surface area is 83.2 Å². The molecule has 1 fully saturated rings. The molecule has 0 aliphatic carbocycles. The molecule has 0 amide bonds. The van der Waals surface area contributed by atoms with Gasteiger partial charge in [-0.25, -0.2) is 4.79 Å². The molecule has 0 spiro atoms. The first-order valence-corrected chi connectivity index (χ1v) is 4.68. The maximum absolute atomic E-state index is 11.1. The molecule has 2 rings (SSSR count). The van der Waals surface area contributed by atoms with Crippen LogP contribution < -0.4 is 0 Å². The molecule has 1 atom stereocenters. The quantitative estimate of drug-likeness (QED) is 0.524. The highest BCUT2D eigenvalue weighted by atomic mass is 16.5. The van der Waals surface area contributed by atoms with Crippen molar-refractivity contribution in [2.45, 2.75) is 18.9 Å². The Hall–Kier alpha value is -1.57. The lowest BCUT2D eigenvalue weighted by Crippen LogP contribution is -2.09. The van der Waals surface area contributed by atoms with Crippen LogP contribution in [0.1, 0.15) is 12.0 Å². The largest absolute Gasteiger partial charge is 0.458 e. The van der Waals surface area contributed by atoms with Crippen molar-refractivity contribution in [2.24, 2.45) is 0 Å². The molecule has 1 aliphatic heterocycles. The van der Waals surface area contributed by atoms with Gasteiger partial charge in [0, 0.05) is 18.4 Å². The van der Waals surface area contributed by atoms with E-state index in [0.29, 0.717) is 12.0 Å². The van der Waals surface area contributed by atoms with Crippen molar-refractivity contribution in [1.82, 2.24) is 0 Å². The molecular formula is C12H12O2. The fourth-order valence-corrected chi connectivity index (χ4v) is 1.63. The van der Waals surface area contributed by atoms with Crippen LogP contribution in [0.2, 0.25) is 0 Å². The van der Waals surface area contributed by atoms with E-state index < -0.39 is 0 Å². The van der Waals surface area contributed by atoms with Crippen molar-refractivity contribution in [3.05, 3.63) is 48.0 Å². The van der Waals surface area contributed by atoms with Crippen molar-refractivity contribution >= 4 is 5.97 Å². The zero-order chi connectivity index (χ0) is 9.97. The monoisotopic (exact) mass is 188 g/mol. The number of rotatable bonds is 2. The van der Waals surface area contributed by atoms with Crippen molar-refractivity contribution < 1.29 is 9.53 Å². The third-order valence-electron chi connectivity index (χ3n) is 2.34. The fraction of sp³-hybridized carbons (Fsp3) is 0.250. The average molecular weight is 188 g/mol. The molecule has 72 valence electrons. The number of hydrogen-bond donors (Lipinski definition) is 0. The van der Waals surface area contributed by atoms with E-state index in [2.05, 4.69) is 6.58 Å². The van der Waals surface area contributed by atoms with Crippen molar-refractivity contribution in [3.63, 3.8) is 0 Å². The summed E-state index contributed by atoms with van der Waals surface area (Å²) in [5.41, 5.74) is 1.78. The van der Waals surface area contributed by atoms with E-state index in [0.717, 1.165) is 6.42 Å². The molecule has 1 saturated heterocycles. The van der Waals surface area contributed by atoms with E-state index in [-0.39, 0.29) is 12.1 Å². The fourth-order valence-electron chi connectivity index (χ4n) is 1.63. The first kappa shape index (κ1) is 9.00. The number of cyclic esters (lactones) is 1. The van der Waals surface area contributed by atoms with Gasteiger partial charge in [0.1, 0.15) is 6.10 Å². The number of hydrogen-bond acceptors (Lipinski definition) is 2. The second kappa shape index (κ2) is 3.66. The normalized spacial score (nSPS) is 21.0. The Bertz CT molecular complexity index is 338. The van der Waals surface area contributed by atoms with Crippen LogP contribution >= 0.6 is 0 Å². The van der Waals surface area contributed by atoms with Crippen molar-refractivity contribution in [1.29, 1.82) is 0 Å². The maximum Gasteiger partial charge on any atom is 0.333 e. The zero-order valence-electron chi connectivity index (χ0n) is 7.90. The summed E-state index contributed by atoms with van der Waals surface area (Å²) in [6, 6.07) is 10.0. The summed E-state index contributed by atoms with van der Waals surface area (Å²) >= 11 is 0. The summed E-state index contributed by atoms with van der Waals surface area (Å²) in [6.07, 6.45) is 1.43. The predicted octanol–water partition coefficient (Wildman–Crippen LogP) is 2.10. The lowest BCUT2D eigenvalue weighted by atomic mass is 10.0. The van der Waals surface area contributed by atoms with Gasteiger partial charge in [0.25, 0.3) is 0 Å². The smallest absolute Gasteiger partial charge is 0.333 e. The minimum atomic E-state index is -0.245. The highest BCUT2D eigenvalue weighted by Gasteiger charge is 2.26. The SMILES string of the molecule is C=C1CC(Cc2ccccc2)OC1=O. The molecular weight excluding hydrogens is 176 g/mol. The van der Waals surface area contributed by atoms with E-state index in [4.69, 9.17) is 4.74 Å². The summed E-state index contributed by atoms with van der Waals surface area (Å²) in [4.78, 5) is 11.1. The van der Waals surface area contributed by atoms with Gasteiger partial charge >= 0.3 is 5.97 Å². The van der Waals surface area contributed by atoms with Crippen molar-refractivity contribution in [2.75, 3.05) is 0 Å². The molecule has 14 heavy (non-hydrogen) atoms. The summed E-state index contributed by atoms with van der Waals surface area (Å²) < 4.78 is 5.14. The first-order valence-electron chi connectivity index (χ1n) is 4.68. The van der Waals surface area contributed by atoms with Crippen LogP contribution in [0.25, 0.3) is 0 Å². The Morgan fingerprint density at radius 3 is 2.64 bits per heavy atom. The summed E-state index contributed by atoms with van der Waals surface area (Å²) in [6.45, 7) is 3.65. The Kier molecular flexibility index (Phi) is 2.35. The van der Waals surface area contributed by atoms with Crippen LogP contribution in [0, 0.1) is 0 Å². The molecule has 1 aliphatic rings. The standard InChI is InChI=1S/C12H12O2/c1-9-7-11(14-12(9)13)8-10-5-3-2-4-6-10/h2-6,11H,1,7-8H2. The van der Waals surface area contributed by atoms with E-state index in [1.165, 1.54) is 5.56 Å². The molecule has 2 nitrogen and oxygen atoms in total. The van der Waals surface area contributed by atoms with Gasteiger partial charge in [-0.15, -0.1) is 0 Å². The molecule has 0 radical (unpaired) electrons. The summed E-state index contributed by atoms with van der Waals surface area (Å²) in [7, 11) is 0. The van der Waals surface area contributed by atoms with Crippen LogP contribution in [0.15, 0.2) is 42.5 Å². The molecule has 0 aromatic heterocycles. The molecule has 1 heterocycles. The minimum Gasteiger partial charge on any atom is -0.458 e. The molecule has 1 aromatic rings. The topological polar surface area (TPSA) is 26.3 Å². The second-order valence-corrected chi connectivity index (χ2v) is 3.52. The molecule has 0 saturated carbocycles. The van der Waals surface area contributed by atoms with Crippen LogP contribution in [-0.4, -0.2) is 12.1 Å². The summed E-state index contributed by atoms with van der Waals surface area (Å²) in [5, 5.41) is 0. The van der Waals surface area contributed by atoms with Gasteiger partial charge in [-0.3, -0.25) is 0 Å². The number of benzene rings is 1. The molecule has 0 bridgehead atoms. The highest BCUT2D eigenvalue weighted by molar-refractivity contribution is 5.89. The maximum atomic E-state index is 11.1. The van der Waals surface area contributed by atoms with Crippen LogP contribution in [0.5, 0.6) is 0 Å². The molecule has 2 heteroatoms. The Morgan fingerprint density at radius 1 is 1.36 bits per heavy atom. The van der Waals surface area contributed by atoms with Crippen LogP contribution in [0.3, 0.4) is 0 Å². The van der Waals surface area contributed by atoms with Gasteiger partial charge in [-0.1, -0.05) is 36.9 Å². The van der Waals surface area contributed by atoms with E-state index in [1.54, 1.807) is 0 Å². The van der Waals surface area contributed by atoms with Gasteiger partial charge in [0.05, 0.1) is 0 Å². The minimum absolute atomic E-state index is 0.0163. The molecule has 1 unspecified atom stereocenters. The average Bonchev–Trinajstić information content (AvgIpc) is 2.47. The van der Waals surface area contributed by atoms with Crippen molar-refractivity contribution in [3.8, 4) is 0 Å². The predicted molar refractivity (Wildman–Crippen MR) is 53.8 cm³/mol. The second-order valence-electron chi connectivity index (χ2n) is 3.52. The molecule has 0 N–H and O–H groups in total. The van der Waals surface area contributed by atoms with Gasteiger partial charge in [-0.2, -0.15) is 0 Å². The van der Waals surface area contributed by atoms with E-state index in [1.807, 2.05) is 30.3 Å². The first-order chi connectivity index (χ1) is 6.75. The van der Waals surface area contributed by atoms with E-state index >= 15 is 0 Å². The highest BCUT2D eigenvalue weighted by Crippen LogP contribution is 2.21. The van der Waals surface area contributed by atoms with Crippen LogP contribution in [0.4, 0.5) is 0 Å². The number of carbonyl (C=O) groups excluding carboxylic acids is 1. The van der Waals surface area contributed by atoms with Crippen LogP contribution in [-0.2, 0) is 16.0 Å². The molecule has 1 aromatic carbocycles. The van der Waals surface area contributed by atoms with E-state index in [9.17, 15) is 4.79 Å². The lowest BCUT2D eigenvalue weighted by Gasteiger charge is -2.07. The number of esters is 1. The lowest BCUT2D eigenvalue weighted by molar-refractivity contribution is -0.138. The third kappa shape index (κ3) is 1.84. The van der Waals surface area contributed by atoms with Gasteiger partial charge in [0.15, 0.2) is 0 Å². The number of ether oxygens (including phenoxy) is 1. The van der Waals surface area contributed by atoms with Gasteiger partial charge in [0.2, 0.25) is 0 Å².